The molecule has 0 aromatic rings. The lowest BCUT2D eigenvalue weighted by Crippen LogP contribution is -1.79. The first-order chi connectivity index (χ1) is 3.39. The van der Waals surface area contributed by atoms with Crippen molar-refractivity contribution < 1.29 is 4.74 Å². The Morgan fingerprint density at radius 1 is 1.71 bits per heavy atom. The van der Waals surface area contributed by atoms with Crippen molar-refractivity contribution >= 4 is 11.6 Å². The molecule has 0 unspecified atom stereocenters. The van der Waals surface area contributed by atoms with Crippen LogP contribution in [0.2, 0.25) is 0 Å². The Morgan fingerprint density at radius 3 is 2.86 bits per heavy atom. The molecule has 0 atom stereocenters. The summed E-state index contributed by atoms with van der Waals surface area (Å²) in [5.74, 6) is 0. The number of halogens is 1. The molecule has 0 aromatic heterocycles. The molecule has 1 nitrogen and oxygen atoms in total. The molecule has 0 aliphatic carbocycles. The normalized spacial score (nSPS) is 18.1. The zero-order valence-corrected chi connectivity index (χ0v) is 4.48. The highest BCUT2D eigenvalue weighted by Crippen LogP contribution is 2.09. The third-order valence-corrected chi connectivity index (χ3v) is 0.935. The van der Waals surface area contributed by atoms with E-state index in [1.54, 1.807) is 6.26 Å². The predicted octanol–water partition coefficient (Wildman–Crippen LogP) is 2.00. The van der Waals surface area contributed by atoms with Crippen LogP contribution in [0.15, 0.2) is 23.6 Å². The van der Waals surface area contributed by atoms with E-state index in [4.69, 9.17) is 16.3 Å². The van der Waals surface area contributed by atoms with E-state index in [1.807, 2.05) is 12.2 Å². The van der Waals surface area contributed by atoms with Gasteiger partial charge in [-0.15, -0.1) is 0 Å². The number of ether oxygens (including phenoxy) is 1. The van der Waals surface area contributed by atoms with Crippen LogP contribution in [-0.2, 0) is 4.74 Å². The van der Waals surface area contributed by atoms with Gasteiger partial charge in [0.15, 0.2) is 5.22 Å². The van der Waals surface area contributed by atoms with E-state index < -0.39 is 0 Å². The summed E-state index contributed by atoms with van der Waals surface area (Å²) >= 11 is 5.40. The molecule has 0 N–H and O–H groups in total. The van der Waals surface area contributed by atoms with E-state index in [2.05, 4.69) is 0 Å². The molecule has 2 heteroatoms. The van der Waals surface area contributed by atoms with Gasteiger partial charge in [0.05, 0.1) is 6.26 Å². The third kappa shape index (κ3) is 1.24. The van der Waals surface area contributed by atoms with Gasteiger partial charge in [0, 0.05) is 0 Å². The molecule has 1 aliphatic heterocycles. The van der Waals surface area contributed by atoms with Crippen LogP contribution in [0.25, 0.3) is 0 Å². The maximum Gasteiger partial charge on any atom is 0.189 e. The molecule has 1 rings (SSSR count). The van der Waals surface area contributed by atoms with E-state index in [9.17, 15) is 0 Å². The summed E-state index contributed by atoms with van der Waals surface area (Å²) in [6, 6.07) is 0. The Balaban J connectivity index is 2.50. The van der Waals surface area contributed by atoms with Crippen LogP contribution in [-0.4, -0.2) is 0 Å². The second-order valence-electron chi connectivity index (χ2n) is 1.23. The highest BCUT2D eigenvalue weighted by molar-refractivity contribution is 6.28. The van der Waals surface area contributed by atoms with Crippen molar-refractivity contribution in [3.63, 3.8) is 0 Å². The molecular weight excluding hydrogens is 112 g/mol. The summed E-state index contributed by atoms with van der Waals surface area (Å²) in [4.78, 5) is 0. The van der Waals surface area contributed by atoms with Crippen LogP contribution < -0.4 is 0 Å². The second kappa shape index (κ2) is 2.03. The Kier molecular flexibility index (Phi) is 1.37. The summed E-state index contributed by atoms with van der Waals surface area (Å²) in [6.07, 6.45) is 6.18. The van der Waals surface area contributed by atoms with Crippen molar-refractivity contribution in [1.29, 1.82) is 0 Å². The first kappa shape index (κ1) is 4.72. The molecule has 0 aromatic carbocycles. The van der Waals surface area contributed by atoms with Gasteiger partial charge in [-0.2, -0.15) is 0 Å². The number of hydrogen-bond donors (Lipinski definition) is 0. The first-order valence-corrected chi connectivity index (χ1v) is 2.45. The summed E-state index contributed by atoms with van der Waals surface area (Å²) in [6.45, 7) is 0. The minimum Gasteiger partial charge on any atom is -0.454 e. The largest absolute Gasteiger partial charge is 0.454 e. The molecule has 0 saturated heterocycles. The Morgan fingerprint density at radius 2 is 2.57 bits per heavy atom. The topological polar surface area (TPSA) is 9.23 Å². The maximum absolute atomic E-state index is 5.40. The van der Waals surface area contributed by atoms with Crippen LogP contribution in [0.1, 0.15) is 6.42 Å². The fourth-order valence-corrected chi connectivity index (χ4v) is 0.518. The number of hydrogen-bond acceptors (Lipinski definition) is 1. The first-order valence-electron chi connectivity index (χ1n) is 2.07. The van der Waals surface area contributed by atoms with Crippen molar-refractivity contribution in [3.05, 3.63) is 23.6 Å². The zero-order valence-electron chi connectivity index (χ0n) is 3.73. The molecule has 1 heterocycles. The lowest BCUT2D eigenvalue weighted by molar-refractivity contribution is 0.375. The van der Waals surface area contributed by atoms with Crippen molar-refractivity contribution in [1.82, 2.24) is 0 Å². The van der Waals surface area contributed by atoms with Crippen molar-refractivity contribution in [3.8, 4) is 0 Å². The monoisotopic (exact) mass is 116 g/mol. The zero-order chi connectivity index (χ0) is 5.11. The number of allylic oxidation sites excluding steroid dienone is 2. The lowest BCUT2D eigenvalue weighted by atomic mass is 10.4. The van der Waals surface area contributed by atoms with Crippen LogP contribution >= 0.6 is 11.6 Å². The van der Waals surface area contributed by atoms with Crippen molar-refractivity contribution in [2.24, 2.45) is 0 Å². The molecule has 1 aliphatic rings. The highest BCUT2D eigenvalue weighted by Gasteiger charge is 1.90. The lowest BCUT2D eigenvalue weighted by Gasteiger charge is -1.98. The van der Waals surface area contributed by atoms with Gasteiger partial charge in [-0.05, 0) is 30.2 Å². The van der Waals surface area contributed by atoms with E-state index in [1.165, 1.54) is 0 Å². The maximum atomic E-state index is 5.40. The predicted molar refractivity (Wildman–Crippen MR) is 28.8 cm³/mol. The average Bonchev–Trinajstić information content (AvgIpc) is 1.69. The molecule has 0 fully saturated rings. The van der Waals surface area contributed by atoms with Gasteiger partial charge in [-0.3, -0.25) is 0 Å². The molecule has 0 radical (unpaired) electrons. The molecular formula is C5H5ClO. The van der Waals surface area contributed by atoms with Crippen molar-refractivity contribution in [2.45, 2.75) is 6.42 Å². The van der Waals surface area contributed by atoms with E-state index in [0.717, 1.165) is 6.42 Å². The van der Waals surface area contributed by atoms with Gasteiger partial charge in [0.25, 0.3) is 0 Å². The second-order valence-corrected chi connectivity index (χ2v) is 1.61. The number of rotatable bonds is 0. The summed E-state index contributed by atoms with van der Waals surface area (Å²) < 4.78 is 4.72. The molecule has 7 heavy (non-hydrogen) atoms. The quantitative estimate of drug-likeness (QED) is 0.470. The highest BCUT2D eigenvalue weighted by atomic mass is 35.5. The van der Waals surface area contributed by atoms with E-state index >= 15 is 0 Å². The third-order valence-electron chi connectivity index (χ3n) is 0.691. The van der Waals surface area contributed by atoms with Gasteiger partial charge in [0.2, 0.25) is 0 Å². The molecule has 0 bridgehead atoms. The molecule has 38 valence electrons. The van der Waals surface area contributed by atoms with Gasteiger partial charge in [0.1, 0.15) is 0 Å². The van der Waals surface area contributed by atoms with Crippen LogP contribution in [0.4, 0.5) is 0 Å². The van der Waals surface area contributed by atoms with Crippen LogP contribution in [0, 0.1) is 0 Å². The van der Waals surface area contributed by atoms with Gasteiger partial charge in [-0.25, -0.2) is 0 Å². The van der Waals surface area contributed by atoms with Gasteiger partial charge in [-0.1, -0.05) is 0 Å². The summed E-state index contributed by atoms with van der Waals surface area (Å²) in [5.41, 5.74) is 0. The van der Waals surface area contributed by atoms with Crippen LogP contribution in [0.3, 0.4) is 0 Å². The average molecular weight is 117 g/mol. The Bertz CT molecular complexity index is 115. The van der Waals surface area contributed by atoms with E-state index in [0.29, 0.717) is 5.22 Å². The smallest absolute Gasteiger partial charge is 0.189 e. The summed E-state index contributed by atoms with van der Waals surface area (Å²) in [5, 5.41) is 0.475. The van der Waals surface area contributed by atoms with Gasteiger partial charge < -0.3 is 4.74 Å². The molecule has 0 spiro atoms. The fraction of sp³-hybridized carbons (Fsp3) is 0.200. The van der Waals surface area contributed by atoms with Gasteiger partial charge >= 0.3 is 0 Å². The minimum atomic E-state index is 0.475. The Hall–Kier alpha value is -0.430. The standard InChI is InChI=1S/C5H5ClO/c6-5-3-1-2-4-7-5/h2-4H,1H2. The van der Waals surface area contributed by atoms with Crippen molar-refractivity contribution in [2.75, 3.05) is 0 Å². The Labute approximate surface area is 47.2 Å². The minimum absolute atomic E-state index is 0.475. The fourth-order valence-electron chi connectivity index (χ4n) is 0.377. The SMILES string of the molecule is ClC1=CCC=CO1. The molecule has 0 saturated carbocycles. The summed E-state index contributed by atoms with van der Waals surface area (Å²) in [7, 11) is 0. The van der Waals surface area contributed by atoms with Crippen LogP contribution in [0.5, 0.6) is 0 Å². The van der Waals surface area contributed by atoms with E-state index in [-0.39, 0.29) is 0 Å². The molecule has 0 amide bonds.